The molecule has 72 valence electrons. The molecule has 0 radical (unpaired) electrons. The molecule has 2 nitrogen and oxygen atoms in total. The Morgan fingerprint density at radius 3 is 2.54 bits per heavy atom. The third-order valence-corrected chi connectivity index (χ3v) is 2.02. The molecule has 0 amide bonds. The first-order valence-corrected chi connectivity index (χ1v) is 3.85. The van der Waals surface area contributed by atoms with Crippen molar-refractivity contribution >= 4 is 17.3 Å². The maximum atomic E-state index is 12.3. The highest BCUT2D eigenvalue weighted by Crippen LogP contribution is 2.36. The van der Waals surface area contributed by atoms with E-state index in [0.717, 1.165) is 0 Å². The number of nitrogen functional groups attached to an aromatic ring is 1. The van der Waals surface area contributed by atoms with Crippen LogP contribution >= 0.6 is 11.6 Å². The summed E-state index contributed by atoms with van der Waals surface area (Å²) in [5, 5.41) is 0.0281. The van der Waals surface area contributed by atoms with Gasteiger partial charge in [-0.15, -0.1) is 0 Å². The van der Waals surface area contributed by atoms with Gasteiger partial charge in [0.15, 0.2) is 0 Å². The lowest BCUT2D eigenvalue weighted by molar-refractivity contribution is 0.152. The van der Waals surface area contributed by atoms with Crippen LogP contribution in [0.3, 0.4) is 0 Å². The van der Waals surface area contributed by atoms with Crippen molar-refractivity contribution in [1.82, 2.24) is 0 Å². The van der Waals surface area contributed by atoms with E-state index in [0.29, 0.717) is 5.75 Å². The molecule has 0 unspecified atom stereocenters. The number of nitrogens with two attached hydrogens (primary N) is 1. The Labute approximate surface area is 79.2 Å². The van der Waals surface area contributed by atoms with Crippen LogP contribution in [-0.2, 0) is 0 Å². The molecule has 1 aromatic carbocycles. The van der Waals surface area contributed by atoms with Crippen LogP contribution < -0.4 is 10.5 Å². The number of benzene rings is 1. The predicted octanol–water partition coefficient (Wildman–Crippen LogP) is 2.87. The summed E-state index contributed by atoms with van der Waals surface area (Å²) in [5.74, 6) is 0.295. The Bertz CT molecular complexity index is 317. The zero-order valence-corrected chi connectivity index (χ0v) is 7.61. The van der Waals surface area contributed by atoms with E-state index in [-0.39, 0.29) is 16.3 Å². The summed E-state index contributed by atoms with van der Waals surface area (Å²) in [5.41, 5.74) is 4.97. The van der Waals surface area contributed by atoms with Crippen LogP contribution in [0, 0.1) is 0 Å². The van der Waals surface area contributed by atoms with E-state index in [4.69, 9.17) is 22.1 Å². The van der Waals surface area contributed by atoms with Gasteiger partial charge in [-0.05, 0) is 12.1 Å². The molecule has 0 fully saturated rings. The summed E-state index contributed by atoms with van der Waals surface area (Å²) in [6.45, 7) is 0. The van der Waals surface area contributed by atoms with Gasteiger partial charge in [0.2, 0.25) is 0 Å². The zero-order chi connectivity index (χ0) is 10.0. The lowest BCUT2D eigenvalue weighted by Crippen LogP contribution is -1.97. The fraction of sp³-hybridized carbons (Fsp3) is 0.250. The standard InChI is InChI=1S/C8H8ClF2NO/c1-13-5-3-2-4(8(10)11)7(12)6(5)9/h2-3,8H,12H2,1H3. The highest BCUT2D eigenvalue weighted by atomic mass is 35.5. The molecule has 0 aromatic heterocycles. The van der Waals surface area contributed by atoms with Gasteiger partial charge in [-0.2, -0.15) is 0 Å². The molecule has 0 saturated carbocycles. The molecule has 0 aliphatic heterocycles. The molecule has 5 heteroatoms. The smallest absolute Gasteiger partial charge is 0.265 e. The molecule has 0 saturated heterocycles. The second-order valence-corrected chi connectivity index (χ2v) is 2.76. The van der Waals surface area contributed by atoms with E-state index in [9.17, 15) is 8.78 Å². The van der Waals surface area contributed by atoms with Gasteiger partial charge in [0.25, 0.3) is 6.43 Å². The topological polar surface area (TPSA) is 35.2 Å². The molecule has 0 spiro atoms. The minimum atomic E-state index is -2.62. The normalized spacial score (nSPS) is 10.5. The number of alkyl halides is 2. The first-order chi connectivity index (χ1) is 6.07. The lowest BCUT2D eigenvalue weighted by Gasteiger charge is -2.09. The molecule has 0 aliphatic rings. The Hall–Kier alpha value is -1.03. The van der Waals surface area contributed by atoms with Crippen LogP contribution in [0.15, 0.2) is 12.1 Å². The zero-order valence-electron chi connectivity index (χ0n) is 6.85. The van der Waals surface area contributed by atoms with Gasteiger partial charge in [-0.25, -0.2) is 8.78 Å². The molecule has 0 aliphatic carbocycles. The van der Waals surface area contributed by atoms with Gasteiger partial charge in [0.05, 0.1) is 12.8 Å². The highest BCUT2D eigenvalue weighted by molar-refractivity contribution is 6.34. The van der Waals surface area contributed by atoms with Crippen molar-refractivity contribution in [3.63, 3.8) is 0 Å². The summed E-state index contributed by atoms with van der Waals surface area (Å²) in [6, 6.07) is 2.56. The van der Waals surface area contributed by atoms with Crippen molar-refractivity contribution in [3.05, 3.63) is 22.7 Å². The number of halogens is 3. The van der Waals surface area contributed by atoms with E-state index >= 15 is 0 Å². The van der Waals surface area contributed by atoms with Crippen LogP contribution in [0.4, 0.5) is 14.5 Å². The quantitative estimate of drug-likeness (QED) is 0.757. The summed E-state index contributed by atoms with van der Waals surface area (Å²) < 4.78 is 29.3. The Morgan fingerprint density at radius 2 is 2.08 bits per heavy atom. The lowest BCUT2D eigenvalue weighted by atomic mass is 10.2. The first-order valence-electron chi connectivity index (χ1n) is 3.48. The third kappa shape index (κ3) is 1.83. The van der Waals surface area contributed by atoms with E-state index in [1.54, 1.807) is 0 Å². The number of methoxy groups -OCH3 is 1. The largest absolute Gasteiger partial charge is 0.495 e. The highest BCUT2D eigenvalue weighted by Gasteiger charge is 2.15. The summed E-state index contributed by atoms with van der Waals surface area (Å²) in [6.07, 6.45) is -2.62. The van der Waals surface area contributed by atoms with Crippen molar-refractivity contribution in [1.29, 1.82) is 0 Å². The summed E-state index contributed by atoms with van der Waals surface area (Å²) >= 11 is 5.66. The summed E-state index contributed by atoms with van der Waals surface area (Å²) in [4.78, 5) is 0. The van der Waals surface area contributed by atoms with Gasteiger partial charge >= 0.3 is 0 Å². The molecular weight excluding hydrogens is 200 g/mol. The molecule has 0 heterocycles. The van der Waals surface area contributed by atoms with Crippen LogP contribution in [-0.4, -0.2) is 7.11 Å². The average molecular weight is 208 g/mol. The van der Waals surface area contributed by atoms with Crippen molar-refractivity contribution in [2.24, 2.45) is 0 Å². The second-order valence-electron chi connectivity index (χ2n) is 2.39. The monoisotopic (exact) mass is 207 g/mol. The van der Waals surface area contributed by atoms with Crippen LogP contribution in [0.1, 0.15) is 12.0 Å². The van der Waals surface area contributed by atoms with Crippen molar-refractivity contribution < 1.29 is 13.5 Å². The molecule has 0 bridgehead atoms. The Kier molecular flexibility index (Phi) is 2.93. The third-order valence-electron chi connectivity index (χ3n) is 1.63. The number of hydrogen-bond donors (Lipinski definition) is 1. The molecule has 1 aromatic rings. The molecular formula is C8H8ClF2NO. The molecule has 1 rings (SSSR count). The van der Waals surface area contributed by atoms with Crippen LogP contribution in [0.2, 0.25) is 5.02 Å². The van der Waals surface area contributed by atoms with Crippen LogP contribution in [0.5, 0.6) is 5.75 Å². The molecule has 2 N–H and O–H groups in total. The first kappa shape index (κ1) is 10.1. The van der Waals surface area contributed by atoms with Gasteiger partial charge in [0.1, 0.15) is 10.8 Å². The van der Waals surface area contributed by atoms with E-state index in [1.807, 2.05) is 0 Å². The maximum absolute atomic E-state index is 12.3. The molecule has 0 atom stereocenters. The van der Waals surface area contributed by atoms with Gasteiger partial charge in [-0.3, -0.25) is 0 Å². The number of hydrogen-bond acceptors (Lipinski definition) is 2. The fourth-order valence-corrected chi connectivity index (χ4v) is 1.19. The van der Waals surface area contributed by atoms with E-state index in [2.05, 4.69) is 0 Å². The van der Waals surface area contributed by atoms with Gasteiger partial charge in [-0.1, -0.05) is 11.6 Å². The van der Waals surface area contributed by atoms with E-state index in [1.165, 1.54) is 19.2 Å². The van der Waals surface area contributed by atoms with E-state index < -0.39 is 6.43 Å². The summed E-state index contributed by atoms with van der Waals surface area (Å²) in [7, 11) is 1.39. The Balaban J connectivity index is 3.23. The minimum Gasteiger partial charge on any atom is -0.495 e. The second kappa shape index (κ2) is 3.79. The molecule has 13 heavy (non-hydrogen) atoms. The SMILES string of the molecule is COc1ccc(C(F)F)c(N)c1Cl. The minimum absolute atomic E-state index is 0.0281. The maximum Gasteiger partial charge on any atom is 0.265 e. The van der Waals surface area contributed by atoms with Crippen molar-refractivity contribution in [2.45, 2.75) is 6.43 Å². The number of anilines is 1. The van der Waals surface area contributed by atoms with Crippen molar-refractivity contribution in [2.75, 3.05) is 12.8 Å². The average Bonchev–Trinajstić information content (AvgIpc) is 2.09. The Morgan fingerprint density at radius 1 is 1.46 bits per heavy atom. The number of ether oxygens (including phenoxy) is 1. The van der Waals surface area contributed by atoms with Crippen LogP contribution in [0.25, 0.3) is 0 Å². The van der Waals surface area contributed by atoms with Gasteiger partial charge < -0.3 is 10.5 Å². The fourth-order valence-electron chi connectivity index (χ4n) is 0.936. The van der Waals surface area contributed by atoms with Gasteiger partial charge in [0, 0.05) is 5.56 Å². The van der Waals surface area contributed by atoms with Crippen molar-refractivity contribution in [3.8, 4) is 5.75 Å². The predicted molar refractivity (Wildman–Crippen MR) is 47.4 cm³/mol. The number of rotatable bonds is 2.